The lowest BCUT2D eigenvalue weighted by Gasteiger charge is -2.24. The highest BCUT2D eigenvalue weighted by atomic mass is 14.9. The summed E-state index contributed by atoms with van der Waals surface area (Å²) in [5, 5.41) is 3.40. The maximum absolute atomic E-state index is 5.77. The summed E-state index contributed by atoms with van der Waals surface area (Å²) in [6, 6.07) is 4.19. The number of aryl methyl sites for hydroxylation is 1. The van der Waals surface area contributed by atoms with Crippen LogP contribution in [-0.4, -0.2) is 31.0 Å². The number of nitrogens with zero attached hydrogens (tertiary/aromatic N) is 2. The zero-order valence-corrected chi connectivity index (χ0v) is 11.0. The summed E-state index contributed by atoms with van der Waals surface area (Å²) in [5.41, 5.74) is 8.37. The van der Waals surface area contributed by atoms with E-state index in [2.05, 4.69) is 21.4 Å². The predicted octanol–water partition coefficient (Wildman–Crippen LogP) is 1.47. The minimum Gasteiger partial charge on any atom is -0.387 e. The quantitative estimate of drug-likeness (QED) is 0.624. The number of pyridine rings is 1. The minimum absolute atomic E-state index is 0.599. The second kappa shape index (κ2) is 6.50. The Balaban J connectivity index is 2.09. The molecular weight excluding hydrogens is 224 g/mol. The predicted molar refractivity (Wildman–Crippen MR) is 74.9 cm³/mol. The Bertz CT molecular complexity index is 408. The fourth-order valence-electron chi connectivity index (χ4n) is 2.50. The van der Waals surface area contributed by atoms with Gasteiger partial charge in [0.2, 0.25) is 0 Å². The summed E-state index contributed by atoms with van der Waals surface area (Å²) in [6.45, 7) is 2.19. The topological polar surface area (TPSA) is 63.3 Å². The van der Waals surface area contributed by atoms with E-state index in [4.69, 9.17) is 5.73 Å². The maximum Gasteiger partial charge on any atom is 0.0936 e. The smallest absolute Gasteiger partial charge is 0.0936 e. The monoisotopic (exact) mass is 246 g/mol. The molecule has 1 aromatic heterocycles. The molecule has 0 radical (unpaired) electrons. The summed E-state index contributed by atoms with van der Waals surface area (Å²) < 4.78 is 0. The van der Waals surface area contributed by atoms with E-state index >= 15 is 0 Å². The first-order valence-electron chi connectivity index (χ1n) is 6.67. The Morgan fingerprint density at radius 3 is 3.00 bits per heavy atom. The highest BCUT2D eigenvalue weighted by Crippen LogP contribution is 2.26. The van der Waals surface area contributed by atoms with Gasteiger partial charge in [0, 0.05) is 31.3 Å². The fourth-order valence-corrected chi connectivity index (χ4v) is 2.50. The molecule has 0 aliphatic carbocycles. The van der Waals surface area contributed by atoms with Gasteiger partial charge in [-0.05, 0) is 44.0 Å². The number of hydrogen-bond donors (Lipinski definition) is 2. The van der Waals surface area contributed by atoms with Gasteiger partial charge in [-0.1, -0.05) is 6.07 Å². The number of nitrogens with two attached hydrogens (primary N) is 1. The van der Waals surface area contributed by atoms with Gasteiger partial charge in [0.05, 0.1) is 5.84 Å². The average Bonchev–Trinajstić information content (AvgIpc) is 2.46. The Kier molecular flexibility index (Phi) is 4.70. The van der Waals surface area contributed by atoms with Crippen molar-refractivity contribution in [3.05, 3.63) is 29.6 Å². The molecule has 4 heteroatoms. The number of rotatable bonds is 4. The van der Waals surface area contributed by atoms with Crippen molar-refractivity contribution in [3.8, 4) is 0 Å². The molecule has 4 nitrogen and oxygen atoms in total. The highest BCUT2D eigenvalue weighted by Gasteiger charge is 2.19. The molecular formula is C14H22N4. The SMILES string of the molecule is CN=C(N)CCc1cccnc1C1CCNCC1. The highest BCUT2D eigenvalue weighted by molar-refractivity contribution is 5.80. The molecule has 1 aliphatic heterocycles. The van der Waals surface area contributed by atoms with Crippen molar-refractivity contribution in [2.24, 2.45) is 10.7 Å². The fraction of sp³-hybridized carbons (Fsp3) is 0.571. The van der Waals surface area contributed by atoms with Gasteiger partial charge in [-0.2, -0.15) is 0 Å². The number of nitrogens with one attached hydrogen (secondary N) is 1. The van der Waals surface area contributed by atoms with E-state index < -0.39 is 0 Å². The van der Waals surface area contributed by atoms with Crippen LogP contribution in [0.25, 0.3) is 0 Å². The molecule has 2 heterocycles. The van der Waals surface area contributed by atoms with Gasteiger partial charge in [-0.3, -0.25) is 9.98 Å². The molecule has 18 heavy (non-hydrogen) atoms. The van der Waals surface area contributed by atoms with Crippen LogP contribution in [0.3, 0.4) is 0 Å². The van der Waals surface area contributed by atoms with Crippen molar-refractivity contribution >= 4 is 5.84 Å². The molecule has 0 aromatic carbocycles. The van der Waals surface area contributed by atoms with Crippen LogP contribution < -0.4 is 11.1 Å². The van der Waals surface area contributed by atoms with Gasteiger partial charge in [-0.15, -0.1) is 0 Å². The third kappa shape index (κ3) is 3.29. The molecule has 2 rings (SSSR count). The third-order valence-electron chi connectivity index (χ3n) is 3.59. The standard InChI is InChI=1S/C14H22N4/c1-16-13(15)5-4-11-3-2-8-18-14(11)12-6-9-17-10-7-12/h2-3,8,12,17H,4-7,9-10H2,1H3,(H2,15,16). The molecule has 1 fully saturated rings. The Hall–Kier alpha value is -1.42. The average molecular weight is 246 g/mol. The number of piperidine rings is 1. The van der Waals surface area contributed by atoms with Crippen LogP contribution in [-0.2, 0) is 6.42 Å². The molecule has 1 saturated heterocycles. The Morgan fingerprint density at radius 2 is 2.28 bits per heavy atom. The van der Waals surface area contributed by atoms with Gasteiger partial charge < -0.3 is 11.1 Å². The number of hydrogen-bond acceptors (Lipinski definition) is 3. The van der Waals surface area contributed by atoms with Crippen LogP contribution in [0.4, 0.5) is 0 Å². The van der Waals surface area contributed by atoms with Gasteiger partial charge in [0.15, 0.2) is 0 Å². The largest absolute Gasteiger partial charge is 0.387 e. The summed E-state index contributed by atoms with van der Waals surface area (Å²) in [4.78, 5) is 8.61. The summed E-state index contributed by atoms with van der Waals surface area (Å²) in [5.74, 6) is 1.32. The summed E-state index contributed by atoms with van der Waals surface area (Å²) >= 11 is 0. The molecule has 0 saturated carbocycles. The second-order valence-electron chi connectivity index (χ2n) is 4.79. The Labute approximate surface area is 109 Å². The van der Waals surface area contributed by atoms with Gasteiger partial charge in [0.25, 0.3) is 0 Å². The van der Waals surface area contributed by atoms with Crippen LogP contribution in [0.2, 0.25) is 0 Å². The molecule has 98 valence electrons. The lowest BCUT2D eigenvalue weighted by atomic mass is 9.90. The molecule has 1 aromatic rings. The van der Waals surface area contributed by atoms with Crippen molar-refractivity contribution in [3.63, 3.8) is 0 Å². The van der Waals surface area contributed by atoms with E-state index in [1.807, 2.05) is 12.3 Å². The van der Waals surface area contributed by atoms with Crippen LogP contribution in [0.1, 0.15) is 36.4 Å². The molecule has 0 atom stereocenters. The van der Waals surface area contributed by atoms with Crippen molar-refractivity contribution in [2.45, 2.75) is 31.6 Å². The number of amidine groups is 1. The lowest BCUT2D eigenvalue weighted by molar-refractivity contribution is 0.451. The number of aromatic nitrogens is 1. The zero-order valence-electron chi connectivity index (χ0n) is 11.0. The van der Waals surface area contributed by atoms with Crippen molar-refractivity contribution in [2.75, 3.05) is 20.1 Å². The van der Waals surface area contributed by atoms with Crippen LogP contribution >= 0.6 is 0 Å². The van der Waals surface area contributed by atoms with E-state index in [1.54, 1.807) is 7.05 Å². The zero-order chi connectivity index (χ0) is 12.8. The van der Waals surface area contributed by atoms with E-state index in [9.17, 15) is 0 Å². The molecule has 0 bridgehead atoms. The number of aliphatic imine (C=N–C) groups is 1. The lowest BCUT2D eigenvalue weighted by Crippen LogP contribution is -2.27. The van der Waals surface area contributed by atoms with Crippen molar-refractivity contribution in [1.29, 1.82) is 0 Å². The maximum atomic E-state index is 5.77. The van der Waals surface area contributed by atoms with E-state index in [1.165, 1.54) is 24.1 Å². The third-order valence-corrected chi connectivity index (χ3v) is 3.59. The summed E-state index contributed by atoms with van der Waals surface area (Å²) in [6.07, 6.45) is 6.03. The second-order valence-corrected chi connectivity index (χ2v) is 4.79. The van der Waals surface area contributed by atoms with E-state index in [0.29, 0.717) is 5.92 Å². The van der Waals surface area contributed by atoms with Crippen LogP contribution in [0.5, 0.6) is 0 Å². The molecule has 1 aliphatic rings. The summed E-state index contributed by atoms with van der Waals surface area (Å²) in [7, 11) is 1.74. The van der Waals surface area contributed by atoms with Crippen molar-refractivity contribution < 1.29 is 0 Å². The van der Waals surface area contributed by atoms with E-state index in [0.717, 1.165) is 31.8 Å². The van der Waals surface area contributed by atoms with E-state index in [-0.39, 0.29) is 0 Å². The van der Waals surface area contributed by atoms with Crippen LogP contribution in [0.15, 0.2) is 23.3 Å². The first kappa shape index (κ1) is 13.0. The van der Waals surface area contributed by atoms with Gasteiger partial charge in [-0.25, -0.2) is 0 Å². The molecule has 0 amide bonds. The molecule has 0 unspecified atom stereocenters. The van der Waals surface area contributed by atoms with Crippen molar-refractivity contribution in [1.82, 2.24) is 10.3 Å². The minimum atomic E-state index is 0.599. The van der Waals surface area contributed by atoms with Gasteiger partial charge in [0.1, 0.15) is 0 Å². The first-order valence-corrected chi connectivity index (χ1v) is 6.67. The Morgan fingerprint density at radius 1 is 1.50 bits per heavy atom. The van der Waals surface area contributed by atoms with Gasteiger partial charge >= 0.3 is 0 Å². The first-order chi connectivity index (χ1) is 8.81. The molecule has 3 N–H and O–H groups in total. The molecule has 0 spiro atoms. The normalized spacial score (nSPS) is 17.9. The van der Waals surface area contributed by atoms with Crippen LogP contribution in [0, 0.1) is 0 Å².